The third-order valence-electron chi connectivity index (χ3n) is 6.61. The van der Waals surface area contributed by atoms with Crippen LogP contribution in [0.15, 0.2) is 24.3 Å². The topological polar surface area (TPSA) is 86.8 Å². The molecule has 3 amide bonds. The van der Waals surface area contributed by atoms with Crippen molar-refractivity contribution in [3.8, 4) is 0 Å². The molecule has 0 spiro atoms. The van der Waals surface area contributed by atoms with E-state index in [0.717, 1.165) is 28.9 Å². The number of nitrogens with zero attached hydrogens (tertiary/aromatic N) is 2. The van der Waals surface area contributed by atoms with Crippen molar-refractivity contribution >= 4 is 22.0 Å². The number of carbonyl (C=O) groups excluding carboxylic acids is 2. The zero-order valence-corrected chi connectivity index (χ0v) is 18.0. The van der Waals surface area contributed by atoms with Crippen LogP contribution in [0.25, 0.3) is 0 Å². The van der Waals surface area contributed by atoms with Crippen molar-refractivity contribution in [1.82, 2.24) is 14.5 Å². The number of amides is 3. The summed E-state index contributed by atoms with van der Waals surface area (Å²) in [5.74, 6) is -0.747. The molecule has 8 heteroatoms. The van der Waals surface area contributed by atoms with Gasteiger partial charge in [-0.1, -0.05) is 29.8 Å². The molecule has 2 saturated carbocycles. The van der Waals surface area contributed by atoms with Gasteiger partial charge in [0.1, 0.15) is 0 Å². The van der Waals surface area contributed by atoms with Crippen LogP contribution in [-0.2, 0) is 21.4 Å². The lowest BCUT2D eigenvalue weighted by atomic mass is 9.80. The zero-order valence-electron chi connectivity index (χ0n) is 17.2. The summed E-state index contributed by atoms with van der Waals surface area (Å²) in [4.78, 5) is 28.6. The minimum atomic E-state index is -3.49. The van der Waals surface area contributed by atoms with Crippen molar-refractivity contribution in [3.05, 3.63) is 35.4 Å². The van der Waals surface area contributed by atoms with Gasteiger partial charge in [0, 0.05) is 25.2 Å². The maximum absolute atomic E-state index is 12.9. The Hall–Kier alpha value is -1.93. The van der Waals surface area contributed by atoms with Crippen LogP contribution in [0, 0.1) is 12.8 Å². The second kappa shape index (κ2) is 7.09. The first kappa shape index (κ1) is 20.3. The molecule has 0 aromatic heterocycles. The maximum Gasteiger partial charge on any atom is 0.327 e. The molecule has 1 aliphatic heterocycles. The Balaban J connectivity index is 1.55. The number of aryl methyl sites for hydroxylation is 1. The van der Waals surface area contributed by atoms with E-state index in [-0.39, 0.29) is 29.9 Å². The van der Waals surface area contributed by atoms with Gasteiger partial charge in [-0.3, -0.25) is 9.69 Å². The number of carbonyl (C=O) groups is 2. The zero-order chi connectivity index (χ0) is 21.0. The van der Waals surface area contributed by atoms with E-state index in [1.54, 1.807) is 4.90 Å². The second-order valence-electron chi connectivity index (χ2n) is 9.11. The third-order valence-corrected chi connectivity index (χ3v) is 8.69. The van der Waals surface area contributed by atoms with Crippen molar-refractivity contribution < 1.29 is 18.0 Å². The average molecular weight is 420 g/mol. The second-order valence-corrected chi connectivity index (χ2v) is 11.1. The standard InChI is InChI=1S/C21H29N3O4S/c1-14-5-4-6-15(11-14)13-24-18-8-7-16(29(27,28)22-21(2)9-10-21)12-17(18)19(25)23(3)20(24)26/h4-6,11,16-18,22H,7-10,12-13H2,1-3H3. The molecule has 3 unspecified atom stereocenters. The Morgan fingerprint density at radius 2 is 1.93 bits per heavy atom. The number of hydrogen-bond acceptors (Lipinski definition) is 4. The van der Waals surface area contributed by atoms with Crippen LogP contribution >= 0.6 is 0 Å². The van der Waals surface area contributed by atoms with E-state index < -0.39 is 21.2 Å². The van der Waals surface area contributed by atoms with Gasteiger partial charge in [0.05, 0.1) is 11.2 Å². The lowest BCUT2D eigenvalue weighted by Gasteiger charge is -2.47. The third kappa shape index (κ3) is 3.92. The predicted octanol–water partition coefficient (Wildman–Crippen LogP) is 2.40. The van der Waals surface area contributed by atoms with E-state index in [9.17, 15) is 18.0 Å². The molecule has 3 aliphatic rings. The molecular formula is C21H29N3O4S. The number of benzene rings is 1. The summed E-state index contributed by atoms with van der Waals surface area (Å²) in [5, 5.41) is -0.590. The van der Waals surface area contributed by atoms with Crippen LogP contribution in [-0.4, -0.2) is 54.0 Å². The molecule has 1 aromatic rings. The molecule has 1 saturated heterocycles. The van der Waals surface area contributed by atoms with Crippen molar-refractivity contribution in [2.24, 2.45) is 5.92 Å². The molecule has 2 aliphatic carbocycles. The fourth-order valence-corrected chi connectivity index (χ4v) is 6.59. The summed E-state index contributed by atoms with van der Waals surface area (Å²) in [7, 11) is -2.00. The average Bonchev–Trinajstić information content (AvgIpc) is 3.39. The summed E-state index contributed by atoms with van der Waals surface area (Å²) >= 11 is 0. The van der Waals surface area contributed by atoms with E-state index in [2.05, 4.69) is 4.72 Å². The molecular weight excluding hydrogens is 390 g/mol. The Kier molecular flexibility index (Phi) is 4.98. The summed E-state index contributed by atoms with van der Waals surface area (Å²) in [6.45, 7) is 4.34. The Morgan fingerprint density at radius 1 is 1.21 bits per heavy atom. The summed E-state index contributed by atoms with van der Waals surface area (Å²) in [6, 6.07) is 7.41. The first-order chi connectivity index (χ1) is 13.6. The van der Waals surface area contributed by atoms with Crippen LogP contribution in [0.4, 0.5) is 4.79 Å². The molecule has 29 heavy (non-hydrogen) atoms. The van der Waals surface area contributed by atoms with Gasteiger partial charge in [0.25, 0.3) is 0 Å². The monoisotopic (exact) mass is 419 g/mol. The highest BCUT2D eigenvalue weighted by Crippen LogP contribution is 2.40. The number of urea groups is 1. The number of hydrogen-bond donors (Lipinski definition) is 1. The van der Waals surface area contributed by atoms with E-state index in [1.807, 2.05) is 38.1 Å². The molecule has 0 radical (unpaired) electrons. The molecule has 4 rings (SSSR count). The van der Waals surface area contributed by atoms with Gasteiger partial charge in [0.15, 0.2) is 0 Å². The predicted molar refractivity (Wildman–Crippen MR) is 109 cm³/mol. The van der Waals surface area contributed by atoms with Gasteiger partial charge in [-0.2, -0.15) is 0 Å². The van der Waals surface area contributed by atoms with Crippen LogP contribution < -0.4 is 4.72 Å². The molecule has 7 nitrogen and oxygen atoms in total. The van der Waals surface area contributed by atoms with Gasteiger partial charge in [-0.05, 0) is 51.5 Å². The molecule has 1 aromatic carbocycles. The van der Waals surface area contributed by atoms with Crippen LogP contribution in [0.5, 0.6) is 0 Å². The summed E-state index contributed by atoms with van der Waals surface area (Å²) in [6.07, 6.45) is 2.94. The van der Waals surface area contributed by atoms with E-state index in [4.69, 9.17) is 0 Å². The Bertz CT molecular complexity index is 941. The number of fused-ring (bicyclic) bond motifs is 1. The van der Waals surface area contributed by atoms with Gasteiger partial charge in [0.2, 0.25) is 15.9 Å². The highest BCUT2D eigenvalue weighted by atomic mass is 32.2. The normalized spacial score (nSPS) is 29.0. The Morgan fingerprint density at radius 3 is 2.59 bits per heavy atom. The lowest BCUT2D eigenvalue weighted by Crippen LogP contribution is -2.62. The molecule has 158 valence electrons. The van der Waals surface area contributed by atoms with Crippen molar-refractivity contribution in [2.75, 3.05) is 7.05 Å². The fraction of sp³-hybridized carbons (Fsp3) is 0.619. The molecule has 1 heterocycles. The van der Waals surface area contributed by atoms with Crippen molar-refractivity contribution in [1.29, 1.82) is 0 Å². The lowest BCUT2D eigenvalue weighted by molar-refractivity contribution is -0.139. The van der Waals surface area contributed by atoms with Gasteiger partial charge >= 0.3 is 6.03 Å². The van der Waals surface area contributed by atoms with Gasteiger partial charge in [-0.15, -0.1) is 0 Å². The summed E-state index contributed by atoms with van der Waals surface area (Å²) in [5.41, 5.74) is 1.80. The smallest absolute Gasteiger partial charge is 0.316 e. The number of imide groups is 1. The largest absolute Gasteiger partial charge is 0.327 e. The van der Waals surface area contributed by atoms with E-state index in [1.165, 1.54) is 7.05 Å². The molecule has 0 bridgehead atoms. The first-order valence-electron chi connectivity index (χ1n) is 10.3. The van der Waals surface area contributed by atoms with Crippen molar-refractivity contribution in [2.45, 2.75) is 69.3 Å². The SMILES string of the molecule is Cc1cccc(CN2C(=O)N(C)C(=O)C3CC(S(=O)(=O)NC4(C)CC4)CCC32)c1. The maximum atomic E-state index is 12.9. The van der Waals surface area contributed by atoms with Gasteiger partial charge < -0.3 is 4.90 Å². The molecule has 3 atom stereocenters. The molecule has 1 N–H and O–H groups in total. The highest BCUT2D eigenvalue weighted by Gasteiger charge is 2.51. The van der Waals surface area contributed by atoms with E-state index in [0.29, 0.717) is 19.4 Å². The number of nitrogens with one attached hydrogen (secondary N) is 1. The van der Waals surface area contributed by atoms with Crippen LogP contribution in [0.1, 0.15) is 50.2 Å². The fourth-order valence-electron chi connectivity index (χ4n) is 4.62. The van der Waals surface area contributed by atoms with E-state index >= 15 is 0 Å². The number of rotatable bonds is 5. The minimum absolute atomic E-state index is 0.255. The van der Waals surface area contributed by atoms with Crippen LogP contribution in [0.2, 0.25) is 0 Å². The number of sulfonamides is 1. The van der Waals surface area contributed by atoms with Crippen molar-refractivity contribution in [3.63, 3.8) is 0 Å². The summed E-state index contributed by atoms with van der Waals surface area (Å²) < 4.78 is 28.6. The van der Waals surface area contributed by atoms with Crippen LogP contribution in [0.3, 0.4) is 0 Å². The Labute approximate surface area is 172 Å². The minimum Gasteiger partial charge on any atom is -0.316 e. The quantitative estimate of drug-likeness (QED) is 0.794. The highest BCUT2D eigenvalue weighted by molar-refractivity contribution is 7.90. The van der Waals surface area contributed by atoms with Gasteiger partial charge in [-0.25, -0.2) is 17.9 Å². The first-order valence-corrected chi connectivity index (χ1v) is 11.8. The molecule has 3 fully saturated rings.